The summed E-state index contributed by atoms with van der Waals surface area (Å²) in [4.78, 5) is 30.7. The monoisotopic (exact) mass is 296 g/mol. The number of aromatic nitrogens is 4. The summed E-state index contributed by atoms with van der Waals surface area (Å²) in [6.07, 6.45) is 4.13. The van der Waals surface area contributed by atoms with Gasteiger partial charge in [0, 0.05) is 13.6 Å². The quantitative estimate of drug-likeness (QED) is 0.793. The number of benzene rings is 1. The fraction of sp³-hybridized carbons (Fsp3) is 0.312. The van der Waals surface area contributed by atoms with Crippen molar-refractivity contribution >= 4 is 11.2 Å². The Morgan fingerprint density at radius 1 is 1.32 bits per heavy atom. The fourth-order valence-corrected chi connectivity index (χ4v) is 2.81. The van der Waals surface area contributed by atoms with Crippen LogP contribution in [0.1, 0.15) is 29.9 Å². The molecule has 0 aliphatic heterocycles. The van der Waals surface area contributed by atoms with Crippen LogP contribution in [-0.2, 0) is 13.6 Å². The zero-order valence-electron chi connectivity index (χ0n) is 12.2. The average Bonchev–Trinajstić information content (AvgIpc) is 3.29. The van der Waals surface area contributed by atoms with E-state index in [0.717, 1.165) is 10.1 Å². The first-order valence-electron chi connectivity index (χ1n) is 7.36. The van der Waals surface area contributed by atoms with Gasteiger partial charge in [0.05, 0.1) is 6.33 Å². The molecule has 112 valence electrons. The number of nitrogens with zero attached hydrogens (tertiary/aromatic N) is 3. The summed E-state index contributed by atoms with van der Waals surface area (Å²) < 4.78 is 2.86. The molecule has 6 nitrogen and oxygen atoms in total. The number of hydrogen-bond donors (Lipinski definition) is 1. The summed E-state index contributed by atoms with van der Waals surface area (Å²) in [6, 6.07) is 8.46. The number of imidazole rings is 1. The van der Waals surface area contributed by atoms with Gasteiger partial charge in [-0.25, -0.2) is 9.78 Å². The van der Waals surface area contributed by atoms with E-state index >= 15 is 0 Å². The van der Waals surface area contributed by atoms with E-state index in [0.29, 0.717) is 23.6 Å². The molecule has 2 aromatic heterocycles. The Hall–Kier alpha value is -2.63. The van der Waals surface area contributed by atoms with Crippen molar-refractivity contribution in [3.63, 3.8) is 0 Å². The van der Waals surface area contributed by atoms with Crippen molar-refractivity contribution in [1.82, 2.24) is 19.1 Å². The lowest BCUT2D eigenvalue weighted by molar-refractivity contribution is 0.767. The molecule has 1 saturated carbocycles. The number of hydrogen-bond acceptors (Lipinski definition) is 3. The van der Waals surface area contributed by atoms with Gasteiger partial charge < -0.3 is 4.57 Å². The summed E-state index contributed by atoms with van der Waals surface area (Å²) in [7, 11) is 1.46. The molecule has 1 N–H and O–H groups in total. The predicted octanol–water partition coefficient (Wildman–Crippen LogP) is 1.35. The van der Waals surface area contributed by atoms with E-state index in [4.69, 9.17) is 0 Å². The highest BCUT2D eigenvalue weighted by molar-refractivity contribution is 5.69. The second kappa shape index (κ2) is 4.69. The zero-order valence-corrected chi connectivity index (χ0v) is 12.2. The minimum Gasteiger partial charge on any atom is -0.320 e. The molecule has 1 aromatic carbocycles. The van der Waals surface area contributed by atoms with E-state index in [1.807, 2.05) is 6.07 Å². The maximum Gasteiger partial charge on any atom is 0.329 e. The van der Waals surface area contributed by atoms with Gasteiger partial charge in [0.25, 0.3) is 5.56 Å². The predicted molar refractivity (Wildman–Crippen MR) is 83.1 cm³/mol. The summed E-state index contributed by atoms with van der Waals surface area (Å²) in [5, 5.41) is 0. The first-order valence-corrected chi connectivity index (χ1v) is 7.36. The lowest BCUT2D eigenvalue weighted by atomic mass is 10.1. The van der Waals surface area contributed by atoms with Gasteiger partial charge in [-0.15, -0.1) is 0 Å². The number of nitrogens with one attached hydrogen (secondary N) is 1. The topological polar surface area (TPSA) is 72.7 Å². The molecule has 0 saturated heterocycles. The van der Waals surface area contributed by atoms with Gasteiger partial charge in [0.1, 0.15) is 0 Å². The highest BCUT2D eigenvalue weighted by atomic mass is 16.2. The molecule has 3 aromatic rings. The van der Waals surface area contributed by atoms with E-state index in [1.165, 1.54) is 25.5 Å². The summed E-state index contributed by atoms with van der Waals surface area (Å²) >= 11 is 0. The third kappa shape index (κ3) is 2.07. The minimum atomic E-state index is -0.446. The largest absolute Gasteiger partial charge is 0.329 e. The number of H-pyrrole nitrogens is 1. The van der Waals surface area contributed by atoms with Gasteiger partial charge in [-0.2, -0.15) is 0 Å². The van der Waals surface area contributed by atoms with Crippen LogP contribution in [0.4, 0.5) is 0 Å². The molecule has 1 aliphatic carbocycles. The average molecular weight is 296 g/mol. The van der Waals surface area contributed by atoms with Crippen LogP contribution in [0.3, 0.4) is 0 Å². The van der Waals surface area contributed by atoms with Crippen molar-refractivity contribution in [1.29, 1.82) is 0 Å². The van der Waals surface area contributed by atoms with Gasteiger partial charge >= 0.3 is 5.69 Å². The van der Waals surface area contributed by atoms with Crippen LogP contribution in [0, 0.1) is 0 Å². The first-order chi connectivity index (χ1) is 10.6. The number of fused-ring (bicyclic) bond motifs is 1. The van der Waals surface area contributed by atoms with Crippen molar-refractivity contribution < 1.29 is 0 Å². The maximum atomic E-state index is 12.3. The summed E-state index contributed by atoms with van der Waals surface area (Å²) in [5.41, 5.74) is 2.50. The normalized spacial score (nSPS) is 14.6. The molecular formula is C16H16N4O2. The Labute approximate surface area is 126 Å². The smallest absolute Gasteiger partial charge is 0.320 e. The first kappa shape index (κ1) is 13.1. The number of rotatable bonds is 3. The highest BCUT2D eigenvalue weighted by Crippen LogP contribution is 2.40. The van der Waals surface area contributed by atoms with Crippen molar-refractivity contribution in [3.8, 4) is 0 Å². The molecular weight excluding hydrogens is 280 g/mol. The molecule has 22 heavy (non-hydrogen) atoms. The molecule has 4 rings (SSSR count). The van der Waals surface area contributed by atoms with Gasteiger partial charge in [-0.05, 0) is 29.9 Å². The van der Waals surface area contributed by atoms with E-state index < -0.39 is 5.69 Å². The Morgan fingerprint density at radius 2 is 2.14 bits per heavy atom. The molecule has 0 unspecified atom stereocenters. The van der Waals surface area contributed by atoms with E-state index in [-0.39, 0.29) is 5.56 Å². The Kier molecular flexibility index (Phi) is 2.79. The van der Waals surface area contributed by atoms with Crippen LogP contribution in [0.5, 0.6) is 0 Å². The van der Waals surface area contributed by atoms with Crippen LogP contribution >= 0.6 is 0 Å². The zero-order chi connectivity index (χ0) is 15.3. The van der Waals surface area contributed by atoms with Crippen LogP contribution in [0.25, 0.3) is 11.2 Å². The van der Waals surface area contributed by atoms with Crippen LogP contribution in [-0.4, -0.2) is 19.1 Å². The van der Waals surface area contributed by atoms with Crippen LogP contribution in [0.15, 0.2) is 40.2 Å². The number of aromatic amines is 1. The molecule has 1 aliphatic rings. The Morgan fingerprint density at radius 3 is 2.91 bits per heavy atom. The molecule has 6 heteroatoms. The van der Waals surface area contributed by atoms with Crippen molar-refractivity contribution in [2.75, 3.05) is 0 Å². The lowest BCUT2D eigenvalue weighted by Crippen LogP contribution is -2.33. The van der Waals surface area contributed by atoms with E-state index in [1.54, 1.807) is 10.9 Å². The van der Waals surface area contributed by atoms with Gasteiger partial charge in [0.2, 0.25) is 0 Å². The van der Waals surface area contributed by atoms with Gasteiger partial charge in [0.15, 0.2) is 11.2 Å². The van der Waals surface area contributed by atoms with Gasteiger partial charge in [-0.3, -0.25) is 14.3 Å². The maximum absolute atomic E-state index is 12.3. The van der Waals surface area contributed by atoms with Gasteiger partial charge in [-0.1, -0.05) is 24.3 Å². The third-order valence-corrected chi connectivity index (χ3v) is 4.23. The summed E-state index contributed by atoms with van der Waals surface area (Å²) in [6.45, 7) is 0.568. The summed E-state index contributed by atoms with van der Waals surface area (Å²) in [5.74, 6) is 0.698. The molecule has 0 amide bonds. The molecule has 0 spiro atoms. The standard InChI is InChI=1S/C16H16N4O2/c1-19-15(21)13-14(18-16(19)22)17-9-20(13)8-10-3-2-4-12(7-10)11-5-6-11/h2-4,7,9,11H,5-6,8H2,1H3,(H,18,22). The minimum absolute atomic E-state index is 0.324. The van der Waals surface area contributed by atoms with E-state index in [2.05, 4.69) is 28.2 Å². The second-order valence-electron chi connectivity index (χ2n) is 5.88. The molecule has 1 fully saturated rings. The third-order valence-electron chi connectivity index (χ3n) is 4.23. The lowest BCUT2D eigenvalue weighted by Gasteiger charge is -2.07. The molecule has 0 radical (unpaired) electrons. The van der Waals surface area contributed by atoms with Crippen molar-refractivity contribution in [3.05, 3.63) is 62.6 Å². The van der Waals surface area contributed by atoms with E-state index in [9.17, 15) is 9.59 Å². The fourth-order valence-electron chi connectivity index (χ4n) is 2.81. The molecule has 2 heterocycles. The molecule has 0 atom stereocenters. The van der Waals surface area contributed by atoms with Crippen LogP contribution < -0.4 is 11.2 Å². The molecule has 0 bridgehead atoms. The van der Waals surface area contributed by atoms with Crippen molar-refractivity contribution in [2.45, 2.75) is 25.3 Å². The SMILES string of the molecule is Cn1c(=O)[nH]c2ncn(Cc3cccc(C4CC4)c3)c2c1=O. The van der Waals surface area contributed by atoms with Crippen molar-refractivity contribution in [2.24, 2.45) is 7.05 Å². The van der Waals surface area contributed by atoms with Crippen LogP contribution in [0.2, 0.25) is 0 Å². The Balaban J connectivity index is 1.79. The second-order valence-corrected chi connectivity index (χ2v) is 5.88. The highest BCUT2D eigenvalue weighted by Gasteiger charge is 2.23. The Bertz CT molecular complexity index is 976.